The van der Waals surface area contributed by atoms with Crippen LogP contribution < -0.4 is 5.32 Å². The number of likely N-dealkylation sites (N-methyl/N-ethyl adjacent to an activating group) is 1. The van der Waals surface area contributed by atoms with E-state index in [-0.39, 0.29) is 24.9 Å². The molecule has 1 saturated heterocycles. The molecule has 3 N–H and O–H groups in total. The fourth-order valence-electron chi connectivity index (χ4n) is 2.33. The summed E-state index contributed by atoms with van der Waals surface area (Å²) in [7, 11) is 3.84. The third-order valence-corrected chi connectivity index (χ3v) is 3.50. The predicted molar refractivity (Wildman–Crippen MR) is 74.5 cm³/mol. The van der Waals surface area contributed by atoms with Crippen LogP contribution in [0.3, 0.4) is 0 Å². The van der Waals surface area contributed by atoms with Crippen molar-refractivity contribution in [1.29, 1.82) is 0 Å². The Kier molecular flexibility index (Phi) is 5.76. The molecule has 1 fully saturated rings. The molecular formula is C13H25N3O4. The molecule has 7 nitrogen and oxygen atoms in total. The number of aliphatic hydroxyl groups excluding tert-OH is 1. The molecule has 0 aromatic carbocycles. The number of carbonyl (C=O) groups is 2. The summed E-state index contributed by atoms with van der Waals surface area (Å²) in [4.78, 5) is 26.5. The number of rotatable bonds is 5. The molecule has 0 radical (unpaired) electrons. The number of likely N-dealkylation sites (tertiary alicyclic amines) is 1. The fraction of sp³-hybridized carbons (Fsp3) is 0.846. The standard InChI is InChI=1S/C13H25N3O4/c1-8(2)10(7-15(3)4)14-13(20)16-6-9(17)5-11(16)12(18)19/h8-11,17H,5-7H2,1-4H3,(H,14,20)(H,18,19)/t9?,10?,11-/m0/s1. The minimum atomic E-state index is -1.08. The number of hydrogen-bond donors (Lipinski definition) is 3. The lowest BCUT2D eigenvalue weighted by Gasteiger charge is -2.29. The third kappa shape index (κ3) is 4.35. The summed E-state index contributed by atoms with van der Waals surface area (Å²) in [5.74, 6) is -0.845. The van der Waals surface area contributed by atoms with Crippen LogP contribution in [0, 0.1) is 5.92 Å². The average molecular weight is 287 g/mol. The van der Waals surface area contributed by atoms with Crippen LogP contribution in [0.4, 0.5) is 4.79 Å². The van der Waals surface area contributed by atoms with E-state index in [1.165, 1.54) is 4.90 Å². The van der Waals surface area contributed by atoms with E-state index in [1.807, 2.05) is 32.8 Å². The maximum atomic E-state index is 12.2. The first-order valence-corrected chi connectivity index (χ1v) is 6.85. The Morgan fingerprint density at radius 2 is 2.00 bits per heavy atom. The van der Waals surface area contributed by atoms with E-state index >= 15 is 0 Å². The highest BCUT2D eigenvalue weighted by molar-refractivity contribution is 5.83. The molecule has 3 atom stereocenters. The van der Waals surface area contributed by atoms with Crippen LogP contribution in [0.25, 0.3) is 0 Å². The van der Waals surface area contributed by atoms with Gasteiger partial charge in [-0.2, -0.15) is 0 Å². The van der Waals surface area contributed by atoms with Crippen molar-refractivity contribution in [2.24, 2.45) is 5.92 Å². The molecule has 1 aliphatic heterocycles. The molecule has 1 rings (SSSR count). The third-order valence-electron chi connectivity index (χ3n) is 3.50. The number of carboxylic acid groups (broad SMARTS) is 1. The van der Waals surface area contributed by atoms with E-state index in [2.05, 4.69) is 5.32 Å². The van der Waals surface area contributed by atoms with Crippen molar-refractivity contribution in [1.82, 2.24) is 15.1 Å². The quantitative estimate of drug-likeness (QED) is 0.651. The first kappa shape index (κ1) is 16.7. The first-order chi connectivity index (χ1) is 9.22. The molecule has 2 amide bonds. The summed E-state index contributed by atoms with van der Waals surface area (Å²) >= 11 is 0. The first-order valence-electron chi connectivity index (χ1n) is 6.85. The van der Waals surface area contributed by atoms with E-state index in [0.29, 0.717) is 6.54 Å². The summed E-state index contributed by atoms with van der Waals surface area (Å²) in [5, 5.41) is 21.5. The van der Waals surface area contributed by atoms with Gasteiger partial charge in [-0.15, -0.1) is 0 Å². The zero-order chi connectivity index (χ0) is 15.4. The molecule has 1 heterocycles. The van der Waals surface area contributed by atoms with Crippen LogP contribution in [0.5, 0.6) is 0 Å². The molecule has 2 unspecified atom stereocenters. The fourth-order valence-corrected chi connectivity index (χ4v) is 2.33. The lowest BCUT2D eigenvalue weighted by molar-refractivity contribution is -0.141. The van der Waals surface area contributed by atoms with Crippen LogP contribution >= 0.6 is 0 Å². The molecule has 20 heavy (non-hydrogen) atoms. The number of β-amino-alcohol motifs (C(OH)–C–C–N with tert-alkyl or cyclic N) is 1. The number of urea groups is 1. The van der Waals surface area contributed by atoms with Gasteiger partial charge in [0.15, 0.2) is 0 Å². The Bertz CT molecular complexity index is 360. The van der Waals surface area contributed by atoms with Crippen LogP contribution in [0.15, 0.2) is 0 Å². The van der Waals surface area contributed by atoms with Gasteiger partial charge in [0, 0.05) is 25.6 Å². The van der Waals surface area contributed by atoms with E-state index in [4.69, 9.17) is 5.11 Å². The number of nitrogens with zero attached hydrogens (tertiary/aromatic N) is 2. The van der Waals surface area contributed by atoms with Crippen LogP contribution in [-0.4, -0.2) is 77.4 Å². The second-order valence-electron chi connectivity index (χ2n) is 5.96. The van der Waals surface area contributed by atoms with Crippen LogP contribution in [0.2, 0.25) is 0 Å². The van der Waals surface area contributed by atoms with Gasteiger partial charge in [-0.05, 0) is 20.0 Å². The van der Waals surface area contributed by atoms with Gasteiger partial charge in [-0.25, -0.2) is 9.59 Å². The molecule has 7 heteroatoms. The Labute approximate surface area is 119 Å². The Morgan fingerprint density at radius 1 is 1.40 bits per heavy atom. The van der Waals surface area contributed by atoms with E-state index in [0.717, 1.165) is 0 Å². The largest absolute Gasteiger partial charge is 0.480 e. The maximum Gasteiger partial charge on any atom is 0.326 e. The SMILES string of the molecule is CC(C)C(CN(C)C)NC(=O)N1CC(O)C[C@H]1C(=O)O. The second kappa shape index (κ2) is 6.90. The minimum absolute atomic E-state index is 0.0651. The van der Waals surface area contributed by atoms with Crippen molar-refractivity contribution in [2.75, 3.05) is 27.2 Å². The zero-order valence-corrected chi connectivity index (χ0v) is 12.5. The van der Waals surface area contributed by atoms with Gasteiger partial charge in [0.2, 0.25) is 0 Å². The molecule has 0 saturated carbocycles. The predicted octanol–water partition coefficient (Wildman–Crippen LogP) is -0.198. The molecule has 0 bridgehead atoms. The van der Waals surface area contributed by atoms with E-state index < -0.39 is 24.1 Å². The lowest BCUT2D eigenvalue weighted by Crippen LogP contribution is -2.52. The Balaban J connectivity index is 2.70. The summed E-state index contributed by atoms with van der Waals surface area (Å²) in [5.41, 5.74) is 0. The molecule has 0 aromatic heterocycles. The molecular weight excluding hydrogens is 262 g/mol. The van der Waals surface area contributed by atoms with E-state index in [1.54, 1.807) is 0 Å². The Hall–Kier alpha value is -1.34. The number of carbonyl (C=O) groups excluding carboxylic acids is 1. The Morgan fingerprint density at radius 3 is 2.45 bits per heavy atom. The van der Waals surface area contributed by atoms with Crippen molar-refractivity contribution in [3.05, 3.63) is 0 Å². The number of hydrogen-bond acceptors (Lipinski definition) is 4. The van der Waals surface area contributed by atoms with Crippen LogP contribution in [0.1, 0.15) is 20.3 Å². The molecule has 116 valence electrons. The van der Waals surface area contributed by atoms with E-state index in [9.17, 15) is 14.7 Å². The van der Waals surface area contributed by atoms with Crippen molar-refractivity contribution in [3.63, 3.8) is 0 Å². The van der Waals surface area contributed by atoms with Gasteiger partial charge in [0.25, 0.3) is 0 Å². The molecule has 0 aromatic rings. The normalized spacial score (nSPS) is 24.2. The van der Waals surface area contributed by atoms with Crippen molar-refractivity contribution in [3.8, 4) is 0 Å². The highest BCUT2D eigenvalue weighted by atomic mass is 16.4. The second-order valence-corrected chi connectivity index (χ2v) is 5.96. The lowest BCUT2D eigenvalue weighted by atomic mass is 10.0. The van der Waals surface area contributed by atoms with Gasteiger partial charge < -0.3 is 25.3 Å². The summed E-state index contributed by atoms with van der Waals surface area (Å²) in [6.07, 6.45) is -0.684. The van der Waals surface area contributed by atoms with Gasteiger partial charge in [0.05, 0.1) is 6.10 Å². The number of aliphatic hydroxyl groups is 1. The number of aliphatic carboxylic acids is 1. The van der Waals surface area contributed by atoms with Crippen molar-refractivity contribution < 1.29 is 19.8 Å². The van der Waals surface area contributed by atoms with Gasteiger partial charge in [0.1, 0.15) is 6.04 Å². The highest BCUT2D eigenvalue weighted by Gasteiger charge is 2.39. The summed E-state index contributed by atoms with van der Waals surface area (Å²) in [6.45, 7) is 4.75. The topological polar surface area (TPSA) is 93.1 Å². The average Bonchev–Trinajstić information content (AvgIpc) is 2.69. The van der Waals surface area contributed by atoms with Crippen LogP contribution in [-0.2, 0) is 4.79 Å². The zero-order valence-electron chi connectivity index (χ0n) is 12.5. The van der Waals surface area contributed by atoms with Gasteiger partial charge in [-0.3, -0.25) is 0 Å². The smallest absolute Gasteiger partial charge is 0.326 e. The van der Waals surface area contributed by atoms with Gasteiger partial charge >= 0.3 is 12.0 Å². The summed E-state index contributed by atoms with van der Waals surface area (Å²) in [6, 6.07) is -1.43. The number of amides is 2. The molecule has 0 aliphatic carbocycles. The van der Waals surface area contributed by atoms with Crippen molar-refractivity contribution >= 4 is 12.0 Å². The number of carboxylic acids is 1. The monoisotopic (exact) mass is 287 g/mol. The summed E-state index contributed by atoms with van der Waals surface area (Å²) < 4.78 is 0. The molecule has 0 spiro atoms. The van der Waals surface area contributed by atoms with Crippen molar-refractivity contribution in [2.45, 2.75) is 38.5 Å². The molecule has 1 aliphatic rings. The van der Waals surface area contributed by atoms with Gasteiger partial charge in [-0.1, -0.05) is 13.8 Å². The highest BCUT2D eigenvalue weighted by Crippen LogP contribution is 2.18. The number of nitrogens with one attached hydrogen (secondary N) is 1. The maximum absolute atomic E-state index is 12.2. The minimum Gasteiger partial charge on any atom is -0.480 e.